The van der Waals surface area contributed by atoms with Crippen LogP contribution in [0.2, 0.25) is 10.0 Å². The molecule has 1 N–H and O–H groups in total. The Kier molecular flexibility index (Phi) is 8.25. The number of nitrogens with zero attached hydrogens (tertiary/aromatic N) is 3. The maximum atomic E-state index is 12.8. The van der Waals surface area contributed by atoms with Crippen molar-refractivity contribution in [2.24, 2.45) is 0 Å². The number of carbonyl (C=O) groups excluding carboxylic acids is 1. The van der Waals surface area contributed by atoms with Gasteiger partial charge in [0.1, 0.15) is 0 Å². The van der Waals surface area contributed by atoms with Gasteiger partial charge >= 0.3 is 18.4 Å². The molecule has 0 radical (unpaired) electrons. The molecule has 2 rings (SSSR count). The molecule has 2 aromatic rings. The molecular formula is C18H14Cl2F6N4O3. The smallest absolute Gasteiger partial charge is 0.422 e. The molecule has 0 aliphatic rings. The van der Waals surface area contributed by atoms with E-state index in [1.165, 1.54) is 25.1 Å². The number of allylic oxidation sites excluding steroid dienone is 1. The zero-order valence-corrected chi connectivity index (χ0v) is 18.0. The molecular weight excluding hydrogens is 505 g/mol. The summed E-state index contributed by atoms with van der Waals surface area (Å²) in [6.45, 7) is 1.50. The Morgan fingerprint density at radius 1 is 1.00 bits per heavy atom. The number of rotatable bonds is 7. The highest BCUT2D eigenvalue weighted by atomic mass is 35.5. The monoisotopic (exact) mass is 518 g/mol. The Morgan fingerprint density at radius 3 is 1.94 bits per heavy atom. The van der Waals surface area contributed by atoms with Crippen molar-refractivity contribution >= 4 is 40.9 Å². The Hall–Kier alpha value is -2.93. The molecule has 0 saturated heterocycles. The summed E-state index contributed by atoms with van der Waals surface area (Å²) in [5.74, 6) is -2.26. The van der Waals surface area contributed by atoms with Crippen LogP contribution >= 0.6 is 23.2 Å². The van der Waals surface area contributed by atoms with Crippen molar-refractivity contribution in [3.05, 3.63) is 46.6 Å². The molecule has 0 atom stereocenters. The second-order valence-corrected chi connectivity index (χ2v) is 7.09. The molecule has 33 heavy (non-hydrogen) atoms. The number of nitrogens with one attached hydrogen (secondary N) is 1. The van der Waals surface area contributed by atoms with Gasteiger partial charge in [-0.25, -0.2) is 4.79 Å². The van der Waals surface area contributed by atoms with Crippen LogP contribution in [-0.2, 0) is 0 Å². The van der Waals surface area contributed by atoms with Crippen LogP contribution in [-0.4, -0.2) is 41.6 Å². The third-order valence-corrected chi connectivity index (χ3v) is 4.15. The molecule has 0 fully saturated rings. The van der Waals surface area contributed by atoms with E-state index < -0.39 is 49.3 Å². The number of ether oxygens (including phenoxy) is 2. The van der Waals surface area contributed by atoms with Gasteiger partial charge in [-0.2, -0.15) is 36.3 Å². The molecule has 2 amide bonds. The summed E-state index contributed by atoms with van der Waals surface area (Å²) in [6.07, 6.45) is -9.52. The van der Waals surface area contributed by atoms with Gasteiger partial charge < -0.3 is 9.47 Å². The summed E-state index contributed by atoms with van der Waals surface area (Å²) in [4.78, 5) is 20.9. The van der Waals surface area contributed by atoms with Crippen molar-refractivity contribution in [2.75, 3.05) is 23.4 Å². The minimum atomic E-state index is -4.76. The Labute approximate surface area is 192 Å². The van der Waals surface area contributed by atoms with Crippen molar-refractivity contribution in [3.8, 4) is 11.8 Å². The fourth-order valence-corrected chi connectivity index (χ4v) is 2.50. The summed E-state index contributed by atoms with van der Waals surface area (Å²) in [7, 11) is 0. The Balaban J connectivity index is 2.33. The second-order valence-electron chi connectivity index (χ2n) is 6.27. The molecule has 0 saturated carbocycles. The lowest BCUT2D eigenvalue weighted by atomic mass is 10.2. The van der Waals surface area contributed by atoms with Gasteiger partial charge in [-0.1, -0.05) is 29.8 Å². The quantitative estimate of drug-likeness (QED) is 0.439. The van der Waals surface area contributed by atoms with Gasteiger partial charge in [0.25, 0.3) is 0 Å². The molecule has 7 nitrogen and oxygen atoms in total. The second kappa shape index (κ2) is 10.3. The number of alkyl halides is 6. The zero-order valence-electron chi connectivity index (χ0n) is 16.5. The van der Waals surface area contributed by atoms with E-state index in [2.05, 4.69) is 31.3 Å². The maximum Gasteiger partial charge on any atom is 0.422 e. The zero-order chi connectivity index (χ0) is 25.0. The van der Waals surface area contributed by atoms with Gasteiger partial charge in [0.2, 0.25) is 17.7 Å². The predicted octanol–water partition coefficient (Wildman–Crippen LogP) is 6.24. The highest BCUT2D eigenvalue weighted by Gasteiger charge is 2.31. The number of hydrogen-bond donors (Lipinski definition) is 1. The number of urea groups is 1. The lowest BCUT2D eigenvalue weighted by Gasteiger charge is -2.23. The van der Waals surface area contributed by atoms with Crippen LogP contribution in [0.3, 0.4) is 0 Å². The number of anilines is 2. The van der Waals surface area contributed by atoms with Crippen molar-refractivity contribution < 1.29 is 40.6 Å². The third kappa shape index (κ3) is 8.50. The standard InChI is InChI=1S/C18H14Cl2F6N4O3/c1-9(2)30(10-3-4-11(19)12(20)5-10)16(31)29-15-27-13(32-7-17(21,22)23)6-14(28-15)33-8-18(24,25)26/h3-6H,1,7-8H2,2H3,(H,27,28,29,31). The van der Waals surface area contributed by atoms with Gasteiger partial charge in [0, 0.05) is 5.70 Å². The van der Waals surface area contributed by atoms with Gasteiger partial charge in [0.05, 0.1) is 21.8 Å². The van der Waals surface area contributed by atoms with E-state index in [0.717, 1.165) is 4.90 Å². The molecule has 0 bridgehead atoms. The van der Waals surface area contributed by atoms with Gasteiger partial charge in [-0.05, 0) is 25.1 Å². The molecule has 1 aromatic carbocycles. The van der Waals surface area contributed by atoms with Crippen LogP contribution in [0.5, 0.6) is 11.8 Å². The van der Waals surface area contributed by atoms with Crippen LogP contribution in [0, 0.1) is 0 Å². The minimum absolute atomic E-state index is 0.106. The summed E-state index contributed by atoms with van der Waals surface area (Å²) in [5, 5.41) is 2.44. The van der Waals surface area contributed by atoms with Crippen molar-refractivity contribution in [1.82, 2.24) is 9.97 Å². The van der Waals surface area contributed by atoms with Crippen LogP contribution in [0.1, 0.15) is 6.92 Å². The fraction of sp³-hybridized carbons (Fsp3) is 0.278. The van der Waals surface area contributed by atoms with E-state index in [1.807, 2.05) is 0 Å². The van der Waals surface area contributed by atoms with E-state index in [4.69, 9.17) is 23.2 Å². The maximum absolute atomic E-state index is 12.8. The first kappa shape index (κ1) is 26.3. The first-order valence-corrected chi connectivity index (χ1v) is 9.40. The largest absolute Gasteiger partial charge is 0.468 e. The highest BCUT2D eigenvalue weighted by molar-refractivity contribution is 6.42. The van der Waals surface area contributed by atoms with Crippen molar-refractivity contribution in [2.45, 2.75) is 19.3 Å². The number of halogens is 8. The highest BCUT2D eigenvalue weighted by Crippen LogP contribution is 2.29. The molecule has 0 spiro atoms. The van der Waals surface area contributed by atoms with Crippen LogP contribution in [0.4, 0.5) is 42.8 Å². The lowest BCUT2D eigenvalue weighted by Crippen LogP contribution is -2.34. The number of amides is 2. The summed E-state index contributed by atoms with van der Waals surface area (Å²) in [5.41, 5.74) is 0.372. The van der Waals surface area contributed by atoms with Crippen molar-refractivity contribution in [1.29, 1.82) is 0 Å². The first-order valence-electron chi connectivity index (χ1n) is 8.64. The first-order chi connectivity index (χ1) is 15.1. The number of carbonyl (C=O) groups is 1. The van der Waals surface area contributed by atoms with E-state index in [9.17, 15) is 31.1 Å². The molecule has 0 aliphatic heterocycles. The average molecular weight is 519 g/mol. The summed E-state index contributed by atoms with van der Waals surface area (Å²) < 4.78 is 83.5. The number of aromatic nitrogens is 2. The average Bonchev–Trinajstić information content (AvgIpc) is 2.66. The number of hydrogen-bond acceptors (Lipinski definition) is 5. The Bertz CT molecular complexity index is 997. The van der Waals surface area contributed by atoms with Gasteiger partial charge in [-0.15, -0.1) is 0 Å². The number of benzene rings is 1. The predicted molar refractivity (Wildman–Crippen MR) is 108 cm³/mol. The molecule has 0 aliphatic carbocycles. The molecule has 1 aromatic heterocycles. The third-order valence-electron chi connectivity index (χ3n) is 3.41. The van der Waals surface area contributed by atoms with Gasteiger partial charge in [0.15, 0.2) is 13.2 Å². The van der Waals surface area contributed by atoms with Crippen LogP contribution < -0.4 is 19.7 Å². The summed E-state index contributed by atoms with van der Waals surface area (Å²) in [6, 6.07) is 3.80. The normalized spacial score (nSPS) is 11.7. The van der Waals surface area contributed by atoms with E-state index in [1.54, 1.807) is 0 Å². The van der Waals surface area contributed by atoms with Crippen LogP contribution in [0.15, 0.2) is 36.5 Å². The minimum Gasteiger partial charge on any atom is -0.468 e. The van der Waals surface area contributed by atoms with E-state index in [-0.39, 0.29) is 21.4 Å². The SMILES string of the molecule is C=C(C)N(C(=O)Nc1nc(OCC(F)(F)F)cc(OCC(F)(F)F)n1)c1ccc(Cl)c(Cl)c1. The van der Waals surface area contributed by atoms with Gasteiger partial charge in [-0.3, -0.25) is 10.2 Å². The molecule has 1 heterocycles. The van der Waals surface area contributed by atoms with Crippen LogP contribution in [0.25, 0.3) is 0 Å². The lowest BCUT2D eigenvalue weighted by molar-refractivity contribution is -0.154. The van der Waals surface area contributed by atoms with E-state index in [0.29, 0.717) is 6.07 Å². The molecule has 180 valence electrons. The molecule has 15 heteroatoms. The fourth-order valence-electron chi connectivity index (χ4n) is 2.21. The summed E-state index contributed by atoms with van der Waals surface area (Å²) >= 11 is 11.8. The molecule has 0 unspecified atom stereocenters. The van der Waals surface area contributed by atoms with Crippen molar-refractivity contribution in [3.63, 3.8) is 0 Å². The Morgan fingerprint density at radius 2 is 1.52 bits per heavy atom. The topological polar surface area (TPSA) is 76.6 Å². The van der Waals surface area contributed by atoms with E-state index >= 15 is 0 Å².